The number of unbranched alkanes of at least 4 members (excludes halogenated alkanes) is 1. The van der Waals surface area contributed by atoms with E-state index in [2.05, 4.69) is 18.8 Å². The van der Waals surface area contributed by atoms with Gasteiger partial charge in [-0.2, -0.15) is 0 Å². The maximum atomic E-state index is 11.1. The highest BCUT2D eigenvalue weighted by Gasteiger charge is 2.10. The molecular weight excluding hydrogens is 252 g/mol. The molecule has 0 bridgehead atoms. The third-order valence-electron chi connectivity index (χ3n) is 2.92. The maximum absolute atomic E-state index is 11.1. The summed E-state index contributed by atoms with van der Waals surface area (Å²) in [5, 5.41) is 8.79. The Morgan fingerprint density at radius 1 is 1.40 bits per heavy atom. The molecule has 0 aliphatic carbocycles. The molecule has 1 aromatic carbocycles. The summed E-state index contributed by atoms with van der Waals surface area (Å²) in [6.07, 6.45) is 2.10. The molecule has 0 saturated heterocycles. The Morgan fingerprint density at radius 3 is 2.80 bits per heavy atom. The zero-order valence-corrected chi connectivity index (χ0v) is 11.9. The van der Waals surface area contributed by atoms with E-state index in [-0.39, 0.29) is 19.1 Å². The van der Waals surface area contributed by atoms with Gasteiger partial charge in [-0.05, 0) is 24.6 Å². The average Bonchev–Trinajstić information content (AvgIpc) is 2.43. The number of carbonyl (C=O) groups is 1. The molecular formula is C16H22N2O2. The molecule has 0 radical (unpaired) electrons. The fourth-order valence-corrected chi connectivity index (χ4v) is 1.97. The van der Waals surface area contributed by atoms with Gasteiger partial charge in [-0.1, -0.05) is 43.4 Å². The predicted octanol–water partition coefficient (Wildman–Crippen LogP) is 1.12. The van der Waals surface area contributed by atoms with Crippen LogP contribution in [0.1, 0.15) is 30.9 Å². The molecule has 20 heavy (non-hydrogen) atoms. The lowest BCUT2D eigenvalue weighted by Gasteiger charge is -2.21. The number of carbonyl (C=O) groups excluding carboxylic acids is 1. The Hall–Kier alpha value is -1.83. The molecule has 0 spiro atoms. The average molecular weight is 274 g/mol. The summed E-state index contributed by atoms with van der Waals surface area (Å²) in [5.74, 6) is 5.27. The number of benzene rings is 1. The van der Waals surface area contributed by atoms with Crippen LogP contribution in [0.25, 0.3) is 0 Å². The Morgan fingerprint density at radius 2 is 2.15 bits per heavy atom. The molecule has 0 aromatic heterocycles. The van der Waals surface area contributed by atoms with Gasteiger partial charge in [0.1, 0.15) is 6.61 Å². The van der Waals surface area contributed by atoms with Gasteiger partial charge in [0.05, 0.1) is 6.54 Å². The quantitative estimate of drug-likeness (QED) is 0.732. The summed E-state index contributed by atoms with van der Waals surface area (Å²) in [5.41, 5.74) is 7.22. The van der Waals surface area contributed by atoms with Crippen LogP contribution < -0.4 is 5.73 Å². The van der Waals surface area contributed by atoms with Gasteiger partial charge in [-0.15, -0.1) is 0 Å². The maximum Gasteiger partial charge on any atom is 0.231 e. The fourth-order valence-electron chi connectivity index (χ4n) is 1.97. The number of amides is 1. The molecule has 108 valence electrons. The summed E-state index contributed by atoms with van der Waals surface area (Å²) in [4.78, 5) is 13.2. The van der Waals surface area contributed by atoms with E-state index in [1.165, 1.54) is 0 Å². The van der Waals surface area contributed by atoms with Crippen LogP contribution in [0.2, 0.25) is 0 Å². The van der Waals surface area contributed by atoms with Crippen molar-refractivity contribution in [2.45, 2.75) is 26.3 Å². The van der Waals surface area contributed by atoms with Gasteiger partial charge in [0.15, 0.2) is 0 Å². The van der Waals surface area contributed by atoms with E-state index in [0.717, 1.165) is 30.5 Å². The fraction of sp³-hybridized carbons (Fsp3) is 0.438. The Labute approximate surface area is 120 Å². The van der Waals surface area contributed by atoms with Gasteiger partial charge in [-0.3, -0.25) is 9.69 Å². The molecule has 0 fully saturated rings. The minimum absolute atomic E-state index is 0.158. The molecule has 1 amide bonds. The molecule has 4 nitrogen and oxygen atoms in total. The molecule has 1 rings (SSSR count). The highest BCUT2D eigenvalue weighted by Crippen LogP contribution is 2.11. The number of nitrogens with zero attached hydrogens (tertiary/aromatic N) is 1. The lowest BCUT2D eigenvalue weighted by molar-refractivity contribution is -0.119. The minimum Gasteiger partial charge on any atom is -0.384 e. The molecule has 1 aromatic rings. The largest absolute Gasteiger partial charge is 0.384 e. The van der Waals surface area contributed by atoms with E-state index in [9.17, 15) is 4.79 Å². The van der Waals surface area contributed by atoms with E-state index >= 15 is 0 Å². The molecule has 4 heteroatoms. The summed E-state index contributed by atoms with van der Waals surface area (Å²) in [6, 6.07) is 7.76. The number of nitrogens with two attached hydrogens (primary N) is 1. The summed E-state index contributed by atoms with van der Waals surface area (Å²) < 4.78 is 0. The number of rotatable bonds is 7. The number of hydrogen-bond donors (Lipinski definition) is 2. The molecule has 3 N–H and O–H groups in total. The topological polar surface area (TPSA) is 66.6 Å². The molecule has 0 unspecified atom stereocenters. The van der Waals surface area contributed by atoms with Crippen LogP contribution in [-0.4, -0.2) is 35.6 Å². The van der Waals surface area contributed by atoms with Gasteiger partial charge in [0.2, 0.25) is 5.91 Å². The van der Waals surface area contributed by atoms with Crippen LogP contribution in [0.3, 0.4) is 0 Å². The van der Waals surface area contributed by atoms with Gasteiger partial charge in [0.25, 0.3) is 0 Å². The molecule has 0 heterocycles. The monoisotopic (exact) mass is 274 g/mol. The smallest absolute Gasteiger partial charge is 0.231 e. The number of aliphatic hydroxyl groups is 1. The zero-order chi connectivity index (χ0) is 14.8. The van der Waals surface area contributed by atoms with Crippen LogP contribution in [0.15, 0.2) is 24.3 Å². The van der Waals surface area contributed by atoms with Crippen molar-refractivity contribution < 1.29 is 9.90 Å². The lowest BCUT2D eigenvalue weighted by atomic mass is 10.1. The van der Waals surface area contributed by atoms with Gasteiger partial charge >= 0.3 is 0 Å². The predicted molar refractivity (Wildman–Crippen MR) is 79.8 cm³/mol. The first kappa shape index (κ1) is 16.2. The van der Waals surface area contributed by atoms with Gasteiger partial charge < -0.3 is 10.8 Å². The van der Waals surface area contributed by atoms with Crippen molar-refractivity contribution in [1.82, 2.24) is 4.90 Å². The van der Waals surface area contributed by atoms with Crippen LogP contribution in [0.4, 0.5) is 0 Å². The molecule has 0 saturated carbocycles. The van der Waals surface area contributed by atoms with Crippen molar-refractivity contribution in [1.29, 1.82) is 0 Å². The second kappa shape index (κ2) is 9.13. The molecule has 0 aliphatic heterocycles. The van der Waals surface area contributed by atoms with E-state index in [0.29, 0.717) is 6.54 Å². The SMILES string of the molecule is CCCCN(CC(N)=O)Cc1ccccc1C#CCO. The van der Waals surface area contributed by atoms with Crippen LogP contribution in [-0.2, 0) is 11.3 Å². The number of primary amides is 1. The second-order valence-corrected chi connectivity index (χ2v) is 4.65. The van der Waals surface area contributed by atoms with E-state index < -0.39 is 0 Å². The summed E-state index contributed by atoms with van der Waals surface area (Å²) in [6.45, 7) is 3.68. The van der Waals surface area contributed by atoms with Crippen molar-refractivity contribution >= 4 is 5.91 Å². The van der Waals surface area contributed by atoms with Crippen LogP contribution >= 0.6 is 0 Å². The summed E-state index contributed by atoms with van der Waals surface area (Å²) in [7, 11) is 0. The van der Waals surface area contributed by atoms with Crippen molar-refractivity contribution in [2.75, 3.05) is 19.7 Å². The van der Waals surface area contributed by atoms with Crippen LogP contribution in [0.5, 0.6) is 0 Å². The highest BCUT2D eigenvalue weighted by molar-refractivity contribution is 5.75. The second-order valence-electron chi connectivity index (χ2n) is 4.65. The lowest BCUT2D eigenvalue weighted by Crippen LogP contribution is -2.34. The van der Waals surface area contributed by atoms with Crippen molar-refractivity contribution in [2.24, 2.45) is 5.73 Å². The zero-order valence-electron chi connectivity index (χ0n) is 11.9. The van der Waals surface area contributed by atoms with E-state index in [1.54, 1.807) is 0 Å². The first-order valence-corrected chi connectivity index (χ1v) is 6.85. The van der Waals surface area contributed by atoms with E-state index in [4.69, 9.17) is 10.8 Å². The third-order valence-corrected chi connectivity index (χ3v) is 2.92. The Kier molecular flexibility index (Phi) is 7.41. The van der Waals surface area contributed by atoms with Crippen molar-refractivity contribution in [3.05, 3.63) is 35.4 Å². The summed E-state index contributed by atoms with van der Waals surface area (Å²) >= 11 is 0. The van der Waals surface area contributed by atoms with Crippen molar-refractivity contribution in [3.63, 3.8) is 0 Å². The molecule has 0 atom stereocenters. The third kappa shape index (κ3) is 5.87. The number of hydrogen-bond acceptors (Lipinski definition) is 3. The first-order valence-electron chi connectivity index (χ1n) is 6.85. The van der Waals surface area contributed by atoms with Gasteiger partial charge in [-0.25, -0.2) is 0 Å². The van der Waals surface area contributed by atoms with E-state index in [1.807, 2.05) is 29.2 Å². The highest BCUT2D eigenvalue weighted by atomic mass is 16.2. The Balaban J connectivity index is 2.83. The normalized spacial score (nSPS) is 10.2. The van der Waals surface area contributed by atoms with Crippen molar-refractivity contribution in [3.8, 4) is 11.8 Å². The standard InChI is InChI=1S/C16H22N2O2/c1-2-3-10-18(13-16(17)20)12-15-8-5-4-7-14(15)9-6-11-19/h4-5,7-8,19H,2-3,10-13H2,1H3,(H2,17,20). The Bertz CT molecular complexity index is 489. The van der Waals surface area contributed by atoms with Crippen LogP contribution in [0, 0.1) is 11.8 Å². The molecule has 0 aliphatic rings. The minimum atomic E-state index is -0.319. The first-order chi connectivity index (χ1) is 9.67. The van der Waals surface area contributed by atoms with Gasteiger partial charge in [0, 0.05) is 12.1 Å². The number of aliphatic hydroxyl groups excluding tert-OH is 1.